The van der Waals surface area contributed by atoms with Crippen LogP contribution >= 0.6 is 0 Å². The van der Waals surface area contributed by atoms with Crippen LogP contribution in [-0.2, 0) is 10.2 Å². The zero-order valence-electron chi connectivity index (χ0n) is 17.8. The van der Waals surface area contributed by atoms with Crippen LogP contribution in [0.5, 0.6) is 0 Å². The van der Waals surface area contributed by atoms with E-state index in [0.29, 0.717) is 19.4 Å². The fourth-order valence-electron chi connectivity index (χ4n) is 5.18. The number of alkyl halides is 3. The van der Waals surface area contributed by atoms with Gasteiger partial charge in [0, 0.05) is 43.1 Å². The molecule has 30 heavy (non-hydrogen) atoms. The number of likely N-dealkylation sites (tertiary alicyclic amines) is 1. The maximum absolute atomic E-state index is 13.0. The Balaban J connectivity index is 1.65. The highest BCUT2D eigenvalue weighted by molar-refractivity contribution is 5.73. The van der Waals surface area contributed by atoms with Gasteiger partial charge in [-0.1, -0.05) is 6.92 Å². The third kappa shape index (κ3) is 3.93. The second-order valence-electron chi connectivity index (χ2n) is 9.32. The van der Waals surface area contributed by atoms with Crippen molar-refractivity contribution in [1.82, 2.24) is 19.5 Å². The number of fused-ring (bicyclic) bond motifs is 1. The maximum Gasteiger partial charge on any atom is 0.391 e. The molecule has 1 amide bonds. The molecule has 1 atom stereocenters. The summed E-state index contributed by atoms with van der Waals surface area (Å²) in [5, 5.41) is 4.82. The van der Waals surface area contributed by atoms with Gasteiger partial charge in [-0.2, -0.15) is 18.3 Å². The van der Waals surface area contributed by atoms with Crippen LogP contribution in [0, 0.1) is 12.8 Å². The highest BCUT2D eigenvalue weighted by atomic mass is 19.4. The molecule has 1 aliphatic heterocycles. The first kappa shape index (κ1) is 21.1. The molecule has 0 bridgehead atoms. The standard InChI is InChI=1S/C22H29F3N4O/c1-14-11-19(21(3)9-4-10-28(13-21)15(2)30)29-20(26-14)12-18(27-29)16-5-7-17(8-6-16)22(23,24)25/h11-12,16-17H,4-10,13H2,1-3H3/t16?,17?,21-/m1/s1. The van der Waals surface area contributed by atoms with Gasteiger partial charge in [0.2, 0.25) is 5.91 Å². The zero-order chi connectivity index (χ0) is 21.7. The molecule has 8 heteroatoms. The number of amides is 1. The lowest BCUT2D eigenvalue weighted by Crippen LogP contribution is -2.47. The molecule has 1 saturated heterocycles. The van der Waals surface area contributed by atoms with Gasteiger partial charge < -0.3 is 4.90 Å². The van der Waals surface area contributed by atoms with E-state index in [-0.39, 0.29) is 30.1 Å². The number of rotatable bonds is 2. The van der Waals surface area contributed by atoms with Crippen molar-refractivity contribution in [3.63, 3.8) is 0 Å². The van der Waals surface area contributed by atoms with Gasteiger partial charge in [0.15, 0.2) is 5.65 Å². The lowest BCUT2D eigenvalue weighted by molar-refractivity contribution is -0.182. The quantitative estimate of drug-likeness (QED) is 0.700. The predicted octanol–water partition coefficient (Wildman–Crippen LogP) is 4.77. The summed E-state index contributed by atoms with van der Waals surface area (Å²) in [6, 6.07) is 3.97. The average Bonchev–Trinajstić information content (AvgIpc) is 3.10. The summed E-state index contributed by atoms with van der Waals surface area (Å²) in [6.07, 6.45) is -0.918. The highest BCUT2D eigenvalue weighted by Crippen LogP contribution is 2.43. The molecular weight excluding hydrogens is 393 g/mol. The van der Waals surface area contributed by atoms with Crippen molar-refractivity contribution in [2.75, 3.05) is 13.1 Å². The van der Waals surface area contributed by atoms with Gasteiger partial charge in [-0.25, -0.2) is 9.50 Å². The molecule has 2 aromatic heterocycles. The van der Waals surface area contributed by atoms with Crippen molar-refractivity contribution in [3.05, 3.63) is 29.2 Å². The summed E-state index contributed by atoms with van der Waals surface area (Å²) in [4.78, 5) is 18.5. The molecule has 5 nitrogen and oxygen atoms in total. The first-order valence-corrected chi connectivity index (χ1v) is 10.8. The molecule has 3 heterocycles. The molecule has 4 rings (SSSR count). The van der Waals surface area contributed by atoms with Crippen LogP contribution in [0.4, 0.5) is 13.2 Å². The Morgan fingerprint density at radius 1 is 1.20 bits per heavy atom. The van der Waals surface area contributed by atoms with Crippen LogP contribution in [-0.4, -0.2) is 44.7 Å². The number of carbonyl (C=O) groups excluding carboxylic acids is 1. The first-order chi connectivity index (χ1) is 14.1. The third-order valence-corrected chi connectivity index (χ3v) is 6.94. The number of aromatic nitrogens is 3. The van der Waals surface area contributed by atoms with Crippen molar-refractivity contribution in [2.24, 2.45) is 5.92 Å². The minimum absolute atomic E-state index is 0.0336. The van der Waals surface area contributed by atoms with E-state index in [0.717, 1.165) is 42.1 Å². The van der Waals surface area contributed by atoms with Gasteiger partial charge in [-0.05, 0) is 51.5 Å². The summed E-state index contributed by atoms with van der Waals surface area (Å²) in [7, 11) is 0. The molecule has 1 aliphatic carbocycles. The van der Waals surface area contributed by atoms with Crippen molar-refractivity contribution in [2.45, 2.75) is 76.8 Å². The molecule has 0 aromatic carbocycles. The van der Waals surface area contributed by atoms with Gasteiger partial charge >= 0.3 is 6.18 Å². The number of aryl methyl sites for hydroxylation is 1. The van der Waals surface area contributed by atoms with Gasteiger partial charge in [0.25, 0.3) is 0 Å². The van der Waals surface area contributed by atoms with Crippen molar-refractivity contribution < 1.29 is 18.0 Å². The lowest BCUT2D eigenvalue weighted by Gasteiger charge is -2.40. The van der Waals surface area contributed by atoms with Gasteiger partial charge in [-0.15, -0.1) is 0 Å². The Hall–Kier alpha value is -2.12. The van der Waals surface area contributed by atoms with Gasteiger partial charge in [0.1, 0.15) is 0 Å². The number of piperidine rings is 1. The monoisotopic (exact) mass is 422 g/mol. The number of hydrogen-bond donors (Lipinski definition) is 0. The van der Waals surface area contributed by atoms with Crippen LogP contribution in [0.3, 0.4) is 0 Å². The summed E-state index contributed by atoms with van der Waals surface area (Å²) in [5.74, 6) is -1.09. The first-order valence-electron chi connectivity index (χ1n) is 10.8. The topological polar surface area (TPSA) is 50.5 Å². The molecule has 2 aliphatic rings. The van der Waals surface area contributed by atoms with E-state index >= 15 is 0 Å². The van der Waals surface area contributed by atoms with E-state index in [4.69, 9.17) is 5.10 Å². The molecule has 0 N–H and O–H groups in total. The second kappa shape index (κ2) is 7.54. The number of halogens is 3. The van der Waals surface area contributed by atoms with E-state index in [1.807, 2.05) is 28.5 Å². The van der Waals surface area contributed by atoms with Crippen molar-refractivity contribution in [1.29, 1.82) is 0 Å². The zero-order valence-corrected chi connectivity index (χ0v) is 17.8. The van der Waals surface area contributed by atoms with Crippen LogP contribution in [0.2, 0.25) is 0 Å². The summed E-state index contributed by atoms with van der Waals surface area (Å²) in [6.45, 7) is 7.10. The Morgan fingerprint density at radius 3 is 2.53 bits per heavy atom. The molecular formula is C22H29F3N4O. The molecule has 2 aromatic rings. The number of nitrogens with zero attached hydrogens (tertiary/aromatic N) is 4. The summed E-state index contributed by atoms with van der Waals surface area (Å²) >= 11 is 0. The van der Waals surface area contributed by atoms with E-state index in [1.165, 1.54) is 0 Å². The van der Waals surface area contributed by atoms with E-state index in [1.54, 1.807) is 6.92 Å². The maximum atomic E-state index is 13.0. The Kier molecular flexibility index (Phi) is 5.31. The fraction of sp³-hybridized carbons (Fsp3) is 0.682. The molecule has 0 radical (unpaired) electrons. The van der Waals surface area contributed by atoms with Crippen LogP contribution in [0.25, 0.3) is 5.65 Å². The molecule has 2 fully saturated rings. The van der Waals surface area contributed by atoms with Crippen LogP contribution in [0.1, 0.15) is 75.4 Å². The van der Waals surface area contributed by atoms with E-state index in [9.17, 15) is 18.0 Å². The molecule has 1 saturated carbocycles. The van der Waals surface area contributed by atoms with Crippen LogP contribution in [0.15, 0.2) is 12.1 Å². The summed E-state index contributed by atoms with van der Waals surface area (Å²) < 4.78 is 40.9. The molecule has 0 unspecified atom stereocenters. The van der Waals surface area contributed by atoms with E-state index < -0.39 is 12.1 Å². The van der Waals surface area contributed by atoms with E-state index in [2.05, 4.69) is 11.9 Å². The van der Waals surface area contributed by atoms with Crippen molar-refractivity contribution >= 4 is 11.6 Å². The normalized spacial score (nSPS) is 28.1. The van der Waals surface area contributed by atoms with Crippen molar-refractivity contribution in [3.8, 4) is 0 Å². The summed E-state index contributed by atoms with van der Waals surface area (Å²) in [5.41, 5.74) is 3.22. The molecule has 0 spiro atoms. The SMILES string of the molecule is CC(=O)N1CCC[C@@](C)(c2cc(C)nc3cc(C4CCC(C(F)(F)F)CC4)nn23)C1. The Morgan fingerprint density at radius 2 is 1.90 bits per heavy atom. The highest BCUT2D eigenvalue weighted by Gasteiger charge is 2.42. The van der Waals surface area contributed by atoms with Crippen LogP contribution < -0.4 is 0 Å². The van der Waals surface area contributed by atoms with Gasteiger partial charge in [0.05, 0.1) is 17.3 Å². The Labute approximate surface area is 174 Å². The number of carbonyl (C=O) groups is 1. The second-order valence-corrected chi connectivity index (χ2v) is 9.32. The largest absolute Gasteiger partial charge is 0.391 e. The lowest BCUT2D eigenvalue weighted by atomic mass is 9.78. The average molecular weight is 422 g/mol. The predicted molar refractivity (Wildman–Crippen MR) is 107 cm³/mol. The minimum atomic E-state index is -4.10. The number of hydrogen-bond acceptors (Lipinski definition) is 3. The third-order valence-electron chi connectivity index (χ3n) is 6.94. The smallest absolute Gasteiger partial charge is 0.342 e. The molecule has 164 valence electrons. The fourth-order valence-corrected chi connectivity index (χ4v) is 5.18. The Bertz CT molecular complexity index is 946. The van der Waals surface area contributed by atoms with Gasteiger partial charge in [-0.3, -0.25) is 4.79 Å². The minimum Gasteiger partial charge on any atom is -0.342 e.